The van der Waals surface area contributed by atoms with Gasteiger partial charge < -0.3 is 10.3 Å². The molecule has 6 nitrogen and oxygen atoms in total. The molecule has 3 heterocycles. The maximum absolute atomic E-state index is 13.4. The Balaban J connectivity index is 1.95. The topological polar surface area (TPSA) is 87.1 Å². The van der Waals surface area contributed by atoms with Crippen molar-refractivity contribution in [3.63, 3.8) is 0 Å². The molecule has 1 amide bonds. The summed E-state index contributed by atoms with van der Waals surface area (Å²) in [6, 6.07) is 6.86. The molecule has 2 N–H and O–H groups in total. The van der Waals surface area contributed by atoms with Gasteiger partial charge in [-0.1, -0.05) is 6.07 Å². The highest BCUT2D eigenvalue weighted by Crippen LogP contribution is 2.29. The van der Waals surface area contributed by atoms with E-state index >= 15 is 0 Å². The van der Waals surface area contributed by atoms with Crippen molar-refractivity contribution in [2.75, 3.05) is 0 Å². The molecule has 10 heteroatoms. The van der Waals surface area contributed by atoms with E-state index in [1.165, 1.54) is 4.88 Å². The molecule has 0 bridgehead atoms. The lowest BCUT2D eigenvalue weighted by Crippen LogP contribution is -2.35. The van der Waals surface area contributed by atoms with Crippen molar-refractivity contribution in [3.05, 3.63) is 79.2 Å². The van der Waals surface area contributed by atoms with Crippen molar-refractivity contribution in [2.45, 2.75) is 39.5 Å². The highest BCUT2D eigenvalue weighted by atomic mass is 32.1. The summed E-state index contributed by atoms with van der Waals surface area (Å²) in [5.74, 6) is -1.82. The predicted molar refractivity (Wildman–Crippen MR) is 110 cm³/mol. The highest BCUT2D eigenvalue weighted by molar-refractivity contribution is 7.09. The van der Waals surface area contributed by atoms with E-state index < -0.39 is 41.2 Å². The number of ketones is 1. The molecule has 0 unspecified atom stereocenters. The maximum Gasteiger partial charge on any atom is 0.431 e. The molecule has 0 saturated heterocycles. The monoisotopic (exact) mass is 451 g/mol. The van der Waals surface area contributed by atoms with Gasteiger partial charge in [0.2, 0.25) is 0 Å². The zero-order valence-electron chi connectivity index (χ0n) is 16.8. The first-order valence-corrected chi connectivity index (χ1v) is 10.2. The lowest BCUT2D eigenvalue weighted by molar-refractivity contribution is -0.144. The number of Topliss-reactive ketones (excluding diaryl/α,β-unsaturated/α-hetero) is 1. The van der Waals surface area contributed by atoms with Crippen LogP contribution in [0.25, 0.3) is 0 Å². The second-order valence-corrected chi connectivity index (χ2v) is 8.11. The highest BCUT2D eigenvalue weighted by Gasteiger charge is 2.36. The summed E-state index contributed by atoms with van der Waals surface area (Å²) >= 11 is 1.62. The maximum atomic E-state index is 13.4. The summed E-state index contributed by atoms with van der Waals surface area (Å²) in [7, 11) is 0. The number of hydrogen-bond donors (Lipinski definition) is 1. The summed E-state index contributed by atoms with van der Waals surface area (Å²) < 4.78 is 42.4. The Hall–Kier alpha value is -3.14. The quantitative estimate of drug-likeness (QED) is 0.557. The molecule has 0 aliphatic carbocycles. The van der Waals surface area contributed by atoms with Crippen molar-refractivity contribution in [3.8, 4) is 0 Å². The predicted octanol–water partition coefficient (Wildman–Crippen LogP) is 3.57. The Bertz CT molecular complexity index is 1190. The van der Waals surface area contributed by atoms with Crippen LogP contribution in [-0.2, 0) is 25.7 Å². The van der Waals surface area contributed by atoms with Crippen LogP contribution in [0.4, 0.5) is 13.2 Å². The Morgan fingerprint density at radius 2 is 1.81 bits per heavy atom. The molecule has 164 valence electrons. The largest absolute Gasteiger partial charge is 0.431 e. The molecule has 0 aliphatic rings. The number of carbonyl (C=O) groups is 2. The first-order chi connectivity index (χ1) is 14.5. The second kappa shape index (κ2) is 8.54. The number of alkyl halides is 3. The van der Waals surface area contributed by atoms with Gasteiger partial charge in [-0.15, -0.1) is 11.3 Å². The summed E-state index contributed by atoms with van der Waals surface area (Å²) in [6.07, 6.45) is -4.13. The van der Waals surface area contributed by atoms with Gasteiger partial charge in [0.05, 0.1) is 6.54 Å². The van der Waals surface area contributed by atoms with Crippen LogP contribution in [0.5, 0.6) is 0 Å². The average Bonchev–Trinajstić information content (AvgIpc) is 3.28. The van der Waals surface area contributed by atoms with Crippen molar-refractivity contribution < 1.29 is 22.8 Å². The van der Waals surface area contributed by atoms with Gasteiger partial charge in [-0.2, -0.15) is 13.2 Å². The third-order valence-corrected chi connectivity index (χ3v) is 6.00. The lowest BCUT2D eigenvalue weighted by Gasteiger charge is -2.15. The minimum Gasteiger partial charge on any atom is -0.365 e. The van der Waals surface area contributed by atoms with Gasteiger partial charge in [0, 0.05) is 28.4 Å². The van der Waals surface area contributed by atoms with Gasteiger partial charge >= 0.3 is 6.18 Å². The summed E-state index contributed by atoms with van der Waals surface area (Å²) in [6.45, 7) is 3.27. The van der Waals surface area contributed by atoms with E-state index in [-0.39, 0.29) is 10.1 Å². The number of thiophene rings is 1. The van der Waals surface area contributed by atoms with Crippen LogP contribution < -0.4 is 11.3 Å². The number of hydrogen-bond acceptors (Lipinski definition) is 4. The second-order valence-electron chi connectivity index (χ2n) is 7.07. The third kappa shape index (κ3) is 4.63. The molecule has 0 aliphatic heterocycles. The van der Waals surface area contributed by atoms with Crippen molar-refractivity contribution in [1.82, 2.24) is 9.13 Å². The molecule has 0 atom stereocenters. The van der Waals surface area contributed by atoms with Gasteiger partial charge in [-0.25, -0.2) is 0 Å². The summed E-state index contributed by atoms with van der Waals surface area (Å²) in [4.78, 5) is 37.9. The number of rotatable bonds is 7. The van der Waals surface area contributed by atoms with Gasteiger partial charge in [0.15, 0.2) is 5.78 Å². The molecule has 3 rings (SSSR count). The van der Waals surface area contributed by atoms with Crippen LogP contribution >= 0.6 is 11.3 Å². The molecule has 0 aromatic carbocycles. The standard InChI is InChI=1S/C21H20F3N3O3S/c1-12-10-16(13(2)26(12)8-7-14-4-3-9-31-14)17(28)11-27-18(21(22,23)24)6-5-15(19(25)29)20(27)30/h3-6,9-10H,7-8,11H2,1-2H3,(H2,25,29). The number of primary amides is 1. The van der Waals surface area contributed by atoms with E-state index in [1.54, 1.807) is 31.3 Å². The van der Waals surface area contributed by atoms with E-state index in [2.05, 4.69) is 0 Å². The van der Waals surface area contributed by atoms with E-state index in [9.17, 15) is 27.6 Å². The molecule has 31 heavy (non-hydrogen) atoms. The van der Waals surface area contributed by atoms with Gasteiger partial charge in [-0.05, 0) is 49.9 Å². The number of nitrogens with two attached hydrogens (primary N) is 1. The van der Waals surface area contributed by atoms with E-state index in [0.717, 1.165) is 18.2 Å². The number of halogens is 3. The van der Waals surface area contributed by atoms with E-state index in [0.29, 0.717) is 18.3 Å². The van der Waals surface area contributed by atoms with Crippen molar-refractivity contribution >= 4 is 23.0 Å². The number of aryl methyl sites for hydroxylation is 2. The fourth-order valence-corrected chi connectivity index (χ4v) is 4.20. The molecular weight excluding hydrogens is 431 g/mol. The number of amides is 1. The first-order valence-electron chi connectivity index (χ1n) is 9.34. The zero-order chi connectivity index (χ0) is 22.9. The van der Waals surface area contributed by atoms with Gasteiger partial charge in [-0.3, -0.25) is 19.0 Å². The van der Waals surface area contributed by atoms with E-state index in [1.807, 2.05) is 22.1 Å². The first kappa shape index (κ1) is 22.5. The molecule has 0 spiro atoms. The average molecular weight is 451 g/mol. The van der Waals surface area contributed by atoms with Crippen molar-refractivity contribution in [2.24, 2.45) is 5.73 Å². The smallest absolute Gasteiger partial charge is 0.365 e. The van der Waals surface area contributed by atoms with Crippen LogP contribution in [0, 0.1) is 13.8 Å². The van der Waals surface area contributed by atoms with Gasteiger partial charge in [0.25, 0.3) is 11.5 Å². The Labute approximate surface area is 179 Å². The zero-order valence-corrected chi connectivity index (χ0v) is 17.6. The molecule has 0 fully saturated rings. The van der Waals surface area contributed by atoms with Crippen LogP contribution in [0.15, 0.2) is 40.5 Å². The fraction of sp³-hybridized carbons (Fsp3) is 0.286. The summed E-state index contributed by atoms with van der Waals surface area (Å²) in [5, 5.41) is 1.97. The Kier molecular flexibility index (Phi) is 6.21. The SMILES string of the molecule is Cc1cc(C(=O)Cn2c(C(F)(F)F)ccc(C(N)=O)c2=O)c(C)n1CCc1cccs1. The van der Waals surface area contributed by atoms with Gasteiger partial charge in [0.1, 0.15) is 11.3 Å². The fourth-order valence-electron chi connectivity index (χ4n) is 3.50. The van der Waals surface area contributed by atoms with Crippen LogP contribution in [0.1, 0.15) is 42.7 Å². The van der Waals surface area contributed by atoms with Crippen LogP contribution in [0.2, 0.25) is 0 Å². The number of carbonyl (C=O) groups excluding carboxylic acids is 2. The van der Waals surface area contributed by atoms with Crippen LogP contribution in [-0.4, -0.2) is 20.8 Å². The Morgan fingerprint density at radius 1 is 1.10 bits per heavy atom. The minimum atomic E-state index is -4.88. The molecule has 0 saturated carbocycles. The molecule has 0 radical (unpaired) electrons. The van der Waals surface area contributed by atoms with Crippen molar-refractivity contribution in [1.29, 1.82) is 0 Å². The number of nitrogens with zero attached hydrogens (tertiary/aromatic N) is 2. The number of pyridine rings is 1. The summed E-state index contributed by atoms with van der Waals surface area (Å²) in [5.41, 5.74) is 3.53. The molecule has 3 aromatic rings. The molecule has 3 aromatic heterocycles. The normalized spacial score (nSPS) is 11.6. The Morgan fingerprint density at radius 3 is 2.39 bits per heavy atom. The third-order valence-electron chi connectivity index (χ3n) is 5.07. The number of aromatic nitrogens is 2. The van der Waals surface area contributed by atoms with Crippen LogP contribution in [0.3, 0.4) is 0 Å². The molecular formula is C21H20F3N3O3S. The lowest BCUT2D eigenvalue weighted by atomic mass is 10.1. The van der Waals surface area contributed by atoms with E-state index in [4.69, 9.17) is 5.73 Å². The minimum absolute atomic E-state index is 0.230.